The predicted octanol–water partition coefficient (Wildman–Crippen LogP) is 8.04. The Bertz CT molecular complexity index is 316. The molecule has 1 aliphatic heterocycles. The van der Waals surface area contributed by atoms with Crippen molar-refractivity contribution >= 4 is 0 Å². The Morgan fingerprint density at radius 3 is 1.38 bits per heavy atom. The van der Waals surface area contributed by atoms with Crippen molar-refractivity contribution in [3.05, 3.63) is 24.0 Å². The number of unbranched alkanes of at least 4 members (excludes halogenated alkanes) is 16. The second kappa shape index (κ2) is 17.1. The first-order valence-electron chi connectivity index (χ1n) is 11.0. The fourth-order valence-electron chi connectivity index (χ4n) is 3.51. The molecule has 24 heavy (non-hydrogen) atoms. The van der Waals surface area contributed by atoms with Gasteiger partial charge in [-0.05, 0) is 25.0 Å². The van der Waals surface area contributed by atoms with Crippen molar-refractivity contribution in [2.24, 2.45) is 0 Å². The molecule has 0 saturated carbocycles. The minimum absolute atomic E-state index is 1.17. The summed E-state index contributed by atoms with van der Waals surface area (Å²) in [6.45, 7) is 2.30. The Morgan fingerprint density at radius 2 is 1.00 bits per heavy atom. The maximum absolute atomic E-state index is 4.33. The first-order valence-corrected chi connectivity index (χ1v) is 11.0. The molecular weight excluding hydrogens is 290 g/mol. The first-order chi connectivity index (χ1) is 11.9. The molecule has 0 spiro atoms. The van der Waals surface area contributed by atoms with Crippen LogP contribution < -0.4 is 5.32 Å². The lowest BCUT2D eigenvalue weighted by atomic mass is 10.0. The molecule has 1 nitrogen and oxygen atoms in total. The predicted molar refractivity (Wildman–Crippen MR) is 108 cm³/mol. The van der Waals surface area contributed by atoms with Crippen molar-refractivity contribution in [1.29, 1.82) is 0 Å². The summed E-state index contributed by atoms with van der Waals surface area (Å²) in [5, 5.41) is 4.33. The van der Waals surface area contributed by atoms with Gasteiger partial charge >= 0.3 is 0 Å². The van der Waals surface area contributed by atoms with Gasteiger partial charge in [0.05, 0.1) is 0 Å². The van der Waals surface area contributed by atoms with Gasteiger partial charge in [-0.15, -0.1) is 0 Å². The molecule has 0 fully saturated rings. The van der Waals surface area contributed by atoms with Crippen LogP contribution in [0.25, 0.3) is 0 Å². The number of hydrogen-bond acceptors (Lipinski definition) is 0. The second-order valence-electron chi connectivity index (χ2n) is 7.54. The van der Waals surface area contributed by atoms with Crippen LogP contribution in [0.15, 0.2) is 24.0 Å². The molecule has 0 saturated heterocycles. The fraction of sp³-hybridized carbons (Fsp3) is 0.826. The summed E-state index contributed by atoms with van der Waals surface area (Å²) in [5.41, 5.74) is 1.27. The lowest BCUT2D eigenvalue weighted by Crippen LogP contribution is -1.92. The Morgan fingerprint density at radius 1 is 0.583 bits per heavy atom. The molecule has 0 aromatic heterocycles. The van der Waals surface area contributed by atoms with E-state index in [0.717, 1.165) is 0 Å². The highest BCUT2D eigenvalue weighted by atomic mass is 14.9. The second-order valence-corrected chi connectivity index (χ2v) is 7.54. The van der Waals surface area contributed by atoms with E-state index in [4.69, 9.17) is 0 Å². The number of allylic oxidation sites excluding steroid dienone is 3. The lowest BCUT2D eigenvalue weighted by molar-refractivity contribution is 0.526. The molecule has 0 atom stereocenters. The van der Waals surface area contributed by atoms with Crippen LogP contribution in [0.2, 0.25) is 0 Å². The average molecular weight is 333 g/mol. The van der Waals surface area contributed by atoms with Crippen molar-refractivity contribution in [3.63, 3.8) is 0 Å². The number of nitrogens with zero attached hydrogens (tertiary/aromatic N) is 1. The van der Waals surface area contributed by atoms with E-state index >= 15 is 0 Å². The topological polar surface area (TPSA) is 14.1 Å². The Balaban J connectivity index is 1.65. The summed E-state index contributed by atoms with van der Waals surface area (Å²) in [4.78, 5) is 0. The van der Waals surface area contributed by atoms with Gasteiger partial charge in [-0.3, -0.25) is 5.32 Å². The minimum atomic E-state index is 1.17. The monoisotopic (exact) mass is 332 g/mol. The molecule has 1 radical (unpaired) electrons. The van der Waals surface area contributed by atoms with Crippen LogP contribution in [0.1, 0.15) is 122 Å². The van der Waals surface area contributed by atoms with Crippen LogP contribution >= 0.6 is 0 Å². The Hall–Kier alpha value is -0.720. The molecule has 1 rings (SSSR count). The molecule has 0 aromatic carbocycles. The normalized spacial score (nSPS) is 13.3. The van der Waals surface area contributed by atoms with E-state index in [9.17, 15) is 0 Å². The van der Waals surface area contributed by atoms with Gasteiger partial charge < -0.3 is 0 Å². The molecule has 1 heterocycles. The van der Waals surface area contributed by atoms with Gasteiger partial charge in [-0.25, -0.2) is 0 Å². The molecule has 0 aromatic rings. The summed E-state index contributed by atoms with van der Waals surface area (Å²) in [6, 6.07) is 0. The van der Waals surface area contributed by atoms with Gasteiger partial charge in [-0.1, -0.05) is 110 Å². The van der Waals surface area contributed by atoms with E-state index < -0.39 is 0 Å². The third-order valence-electron chi connectivity index (χ3n) is 5.15. The molecule has 0 amide bonds. The number of rotatable bonds is 18. The summed E-state index contributed by atoms with van der Waals surface area (Å²) >= 11 is 0. The minimum Gasteiger partial charge on any atom is -0.261 e. The quantitative estimate of drug-likeness (QED) is 0.225. The summed E-state index contributed by atoms with van der Waals surface area (Å²) in [6.07, 6.45) is 31.8. The first kappa shape index (κ1) is 21.3. The third-order valence-corrected chi connectivity index (χ3v) is 5.15. The van der Waals surface area contributed by atoms with Crippen LogP contribution in [0.3, 0.4) is 0 Å². The van der Waals surface area contributed by atoms with E-state index in [0.29, 0.717) is 0 Å². The van der Waals surface area contributed by atoms with Gasteiger partial charge in [0.15, 0.2) is 0 Å². The van der Waals surface area contributed by atoms with Gasteiger partial charge in [0.2, 0.25) is 0 Å². The van der Waals surface area contributed by atoms with Crippen molar-refractivity contribution in [1.82, 2.24) is 5.32 Å². The van der Waals surface area contributed by atoms with E-state index in [-0.39, 0.29) is 0 Å². The van der Waals surface area contributed by atoms with Crippen molar-refractivity contribution in [2.45, 2.75) is 122 Å². The lowest BCUT2D eigenvalue weighted by Gasteiger charge is -2.04. The standard InChI is InChI=1S/C23H42N/c1-2-3-4-5-6-7-8-9-10-11-12-13-14-15-16-17-18-20-23-21-19-22-24-23/h19,21-22H,2-18,20H2,1H3. The Labute approximate surface area is 152 Å². The molecule has 1 aliphatic rings. The van der Waals surface area contributed by atoms with Gasteiger partial charge in [0.1, 0.15) is 0 Å². The van der Waals surface area contributed by atoms with Crippen LogP contribution in [-0.4, -0.2) is 0 Å². The average Bonchev–Trinajstić information content (AvgIpc) is 3.11. The smallest absolute Gasteiger partial charge is 0.0404 e. The molecule has 0 N–H and O–H groups in total. The zero-order valence-electron chi connectivity index (χ0n) is 16.4. The molecular formula is C23H42N. The molecule has 0 bridgehead atoms. The molecule has 0 aliphatic carbocycles. The maximum atomic E-state index is 4.33. The highest BCUT2D eigenvalue weighted by molar-refractivity contribution is 5.18. The largest absolute Gasteiger partial charge is 0.261 e. The number of hydrogen-bond donors (Lipinski definition) is 0. The highest BCUT2D eigenvalue weighted by Crippen LogP contribution is 2.15. The molecule has 139 valence electrons. The summed E-state index contributed by atoms with van der Waals surface area (Å²) in [5.74, 6) is 0. The zero-order chi connectivity index (χ0) is 17.1. The van der Waals surface area contributed by atoms with Crippen LogP contribution in [0.4, 0.5) is 0 Å². The van der Waals surface area contributed by atoms with Gasteiger partial charge in [-0.2, -0.15) is 0 Å². The highest BCUT2D eigenvalue weighted by Gasteiger charge is 2.00. The summed E-state index contributed by atoms with van der Waals surface area (Å²) in [7, 11) is 0. The van der Waals surface area contributed by atoms with Crippen LogP contribution in [-0.2, 0) is 0 Å². The van der Waals surface area contributed by atoms with Crippen molar-refractivity contribution in [3.8, 4) is 0 Å². The molecule has 1 heteroatoms. The molecule has 0 unspecified atom stereocenters. The Kier molecular flexibility index (Phi) is 15.2. The van der Waals surface area contributed by atoms with Crippen LogP contribution in [0.5, 0.6) is 0 Å². The van der Waals surface area contributed by atoms with Crippen LogP contribution in [0, 0.1) is 0 Å². The van der Waals surface area contributed by atoms with E-state index in [1.165, 1.54) is 121 Å². The van der Waals surface area contributed by atoms with Crippen molar-refractivity contribution < 1.29 is 0 Å². The fourth-order valence-corrected chi connectivity index (χ4v) is 3.51. The SMILES string of the molecule is CCCCCCCCCCCCCCCCCCCC1=CC=C[N]1. The van der Waals surface area contributed by atoms with E-state index in [1.807, 2.05) is 12.3 Å². The van der Waals surface area contributed by atoms with Crippen molar-refractivity contribution in [2.75, 3.05) is 0 Å². The van der Waals surface area contributed by atoms with Gasteiger partial charge in [0.25, 0.3) is 0 Å². The third kappa shape index (κ3) is 13.7. The van der Waals surface area contributed by atoms with E-state index in [1.54, 1.807) is 0 Å². The zero-order valence-corrected chi connectivity index (χ0v) is 16.4. The van der Waals surface area contributed by atoms with E-state index in [2.05, 4.69) is 18.3 Å². The maximum Gasteiger partial charge on any atom is 0.0404 e. The summed E-state index contributed by atoms with van der Waals surface area (Å²) < 4.78 is 0. The van der Waals surface area contributed by atoms with Gasteiger partial charge in [0, 0.05) is 11.9 Å².